The van der Waals surface area contributed by atoms with Crippen LogP contribution in [0.4, 0.5) is 11.4 Å². The van der Waals surface area contributed by atoms with Gasteiger partial charge in [-0.2, -0.15) is 0 Å². The molecule has 1 aliphatic heterocycles. The van der Waals surface area contributed by atoms with Crippen LogP contribution >= 0.6 is 0 Å². The lowest BCUT2D eigenvalue weighted by Crippen LogP contribution is -2.43. The van der Waals surface area contributed by atoms with Crippen molar-refractivity contribution in [2.24, 2.45) is 0 Å². The number of hydrogen-bond acceptors (Lipinski definition) is 5. The van der Waals surface area contributed by atoms with Crippen LogP contribution in [0.3, 0.4) is 0 Å². The van der Waals surface area contributed by atoms with Crippen LogP contribution in [-0.4, -0.2) is 44.4 Å². The number of anilines is 2. The Morgan fingerprint density at radius 2 is 1.79 bits per heavy atom. The lowest BCUT2D eigenvalue weighted by molar-refractivity contribution is -0.121. The van der Waals surface area contributed by atoms with Crippen molar-refractivity contribution >= 4 is 33.0 Å². The first-order chi connectivity index (χ1) is 13.4. The second-order valence-electron chi connectivity index (χ2n) is 6.62. The van der Waals surface area contributed by atoms with Gasteiger partial charge in [-0.15, -0.1) is 0 Å². The smallest absolute Gasteiger partial charge is 0.265 e. The molecule has 2 amide bonds. The van der Waals surface area contributed by atoms with Crippen molar-refractivity contribution < 1.29 is 22.7 Å². The van der Waals surface area contributed by atoms with Crippen LogP contribution in [0.15, 0.2) is 54.6 Å². The Hall–Kier alpha value is -2.87. The van der Waals surface area contributed by atoms with Crippen LogP contribution in [-0.2, 0) is 19.4 Å². The molecule has 28 heavy (non-hydrogen) atoms. The second kappa shape index (κ2) is 8.43. The molecule has 0 aliphatic carbocycles. The summed E-state index contributed by atoms with van der Waals surface area (Å²) in [6.07, 6.45) is 0.394. The minimum Gasteiger partial charge on any atom is -0.482 e. The number of ether oxygens (including phenoxy) is 1. The van der Waals surface area contributed by atoms with Gasteiger partial charge in [0.05, 0.1) is 23.2 Å². The number of benzene rings is 2. The number of sulfone groups is 1. The molecular formula is C20H22N2O5S. The monoisotopic (exact) mass is 402 g/mol. The Morgan fingerprint density at radius 3 is 2.43 bits per heavy atom. The lowest BCUT2D eigenvalue weighted by atomic mass is 10.2. The first kappa shape index (κ1) is 19.9. The molecule has 2 aromatic carbocycles. The van der Waals surface area contributed by atoms with Crippen molar-refractivity contribution in [3.8, 4) is 5.75 Å². The highest BCUT2D eigenvalue weighted by molar-refractivity contribution is 7.91. The van der Waals surface area contributed by atoms with Gasteiger partial charge in [0.25, 0.3) is 5.91 Å². The van der Waals surface area contributed by atoms with Gasteiger partial charge in [-0.25, -0.2) is 8.42 Å². The fraction of sp³-hybridized carbons (Fsp3) is 0.300. The Morgan fingerprint density at radius 1 is 1.11 bits per heavy atom. The van der Waals surface area contributed by atoms with E-state index >= 15 is 0 Å². The van der Waals surface area contributed by atoms with E-state index < -0.39 is 15.9 Å². The van der Waals surface area contributed by atoms with E-state index in [0.717, 1.165) is 0 Å². The summed E-state index contributed by atoms with van der Waals surface area (Å²) in [5.74, 6) is -0.204. The highest BCUT2D eigenvalue weighted by Gasteiger charge is 2.35. The molecule has 8 heteroatoms. The van der Waals surface area contributed by atoms with E-state index in [9.17, 15) is 18.0 Å². The zero-order valence-electron chi connectivity index (χ0n) is 15.5. The van der Waals surface area contributed by atoms with Gasteiger partial charge < -0.3 is 15.0 Å². The molecule has 0 saturated carbocycles. The van der Waals surface area contributed by atoms with Gasteiger partial charge in [-0.05, 0) is 30.7 Å². The summed E-state index contributed by atoms with van der Waals surface area (Å²) in [4.78, 5) is 25.8. The van der Waals surface area contributed by atoms with Crippen molar-refractivity contribution in [2.45, 2.75) is 19.4 Å². The molecule has 1 saturated heterocycles. The van der Waals surface area contributed by atoms with Gasteiger partial charge >= 0.3 is 0 Å². The van der Waals surface area contributed by atoms with Crippen molar-refractivity contribution in [1.82, 2.24) is 0 Å². The summed E-state index contributed by atoms with van der Waals surface area (Å²) in [6.45, 7) is 1.11. The third-order valence-electron chi connectivity index (χ3n) is 4.43. The average molecular weight is 402 g/mol. The van der Waals surface area contributed by atoms with E-state index in [0.29, 0.717) is 23.5 Å². The topological polar surface area (TPSA) is 92.8 Å². The quantitative estimate of drug-likeness (QED) is 0.800. The fourth-order valence-electron chi connectivity index (χ4n) is 3.22. The number of nitrogens with one attached hydrogen (secondary N) is 1. The molecule has 1 atom stereocenters. The molecule has 1 fully saturated rings. The summed E-state index contributed by atoms with van der Waals surface area (Å²) in [5, 5.41) is 2.66. The summed E-state index contributed by atoms with van der Waals surface area (Å²) >= 11 is 0. The van der Waals surface area contributed by atoms with Gasteiger partial charge in [-0.3, -0.25) is 9.59 Å². The lowest BCUT2D eigenvalue weighted by Gasteiger charge is -2.28. The molecule has 7 nitrogen and oxygen atoms in total. The standard InChI is InChI=1S/C20H22N2O5S/c1-15(23)21-18-9-5-6-10-19(18)27-13-20(24)22(16-7-3-2-4-8-16)17-11-12-28(25,26)14-17/h2-10,17H,11-14H2,1H3,(H,21,23)/t17-/m0/s1. The van der Waals surface area contributed by atoms with Crippen LogP contribution in [0.1, 0.15) is 13.3 Å². The zero-order valence-corrected chi connectivity index (χ0v) is 16.3. The van der Waals surface area contributed by atoms with E-state index in [1.165, 1.54) is 11.8 Å². The molecule has 148 valence electrons. The van der Waals surface area contributed by atoms with Crippen LogP contribution in [0, 0.1) is 0 Å². The van der Waals surface area contributed by atoms with Crippen molar-refractivity contribution in [1.29, 1.82) is 0 Å². The van der Waals surface area contributed by atoms with Gasteiger partial charge in [0.15, 0.2) is 16.4 Å². The number of rotatable bonds is 6. The van der Waals surface area contributed by atoms with E-state index in [-0.39, 0.29) is 29.9 Å². The first-order valence-corrected chi connectivity index (χ1v) is 10.7. The summed E-state index contributed by atoms with van der Waals surface area (Å²) in [7, 11) is -3.15. The average Bonchev–Trinajstić information content (AvgIpc) is 3.01. The highest BCUT2D eigenvalue weighted by Crippen LogP contribution is 2.26. The molecule has 1 aliphatic rings. The predicted octanol–water partition coefficient (Wildman–Crippen LogP) is 2.24. The normalized spacial score (nSPS) is 17.7. The third kappa shape index (κ3) is 4.89. The summed E-state index contributed by atoms with van der Waals surface area (Å²) in [6, 6.07) is 15.4. The largest absolute Gasteiger partial charge is 0.482 e. The van der Waals surface area contributed by atoms with Crippen LogP contribution in [0.25, 0.3) is 0 Å². The summed E-state index contributed by atoms with van der Waals surface area (Å²) in [5.41, 5.74) is 1.10. The van der Waals surface area contributed by atoms with Gasteiger partial charge in [0.2, 0.25) is 5.91 Å². The molecule has 3 rings (SSSR count). The first-order valence-electron chi connectivity index (χ1n) is 8.93. The van der Waals surface area contributed by atoms with Crippen molar-refractivity contribution in [3.63, 3.8) is 0 Å². The number of para-hydroxylation sites is 3. The predicted molar refractivity (Wildman–Crippen MR) is 107 cm³/mol. The summed E-state index contributed by atoms with van der Waals surface area (Å²) < 4.78 is 29.5. The Bertz CT molecular complexity index is 960. The van der Waals surface area contributed by atoms with Crippen molar-refractivity contribution in [3.05, 3.63) is 54.6 Å². The molecule has 1 heterocycles. The zero-order chi connectivity index (χ0) is 20.1. The minimum atomic E-state index is -3.15. The van der Waals surface area contributed by atoms with E-state index in [4.69, 9.17) is 4.74 Å². The van der Waals surface area contributed by atoms with Crippen LogP contribution in [0.5, 0.6) is 5.75 Å². The maximum absolute atomic E-state index is 13.0. The molecule has 0 bridgehead atoms. The second-order valence-corrected chi connectivity index (χ2v) is 8.85. The number of hydrogen-bond donors (Lipinski definition) is 1. The maximum Gasteiger partial charge on any atom is 0.265 e. The minimum absolute atomic E-state index is 0.0594. The molecule has 0 unspecified atom stereocenters. The maximum atomic E-state index is 13.0. The Kier molecular flexibility index (Phi) is 5.99. The highest BCUT2D eigenvalue weighted by atomic mass is 32.2. The van der Waals surface area contributed by atoms with Crippen molar-refractivity contribution in [2.75, 3.05) is 28.3 Å². The van der Waals surface area contributed by atoms with Gasteiger partial charge in [0.1, 0.15) is 5.75 Å². The number of carbonyl (C=O) groups is 2. The third-order valence-corrected chi connectivity index (χ3v) is 6.18. The SMILES string of the molecule is CC(=O)Nc1ccccc1OCC(=O)N(c1ccccc1)[C@H]1CCS(=O)(=O)C1. The van der Waals surface area contributed by atoms with E-state index in [1.807, 2.05) is 6.07 Å². The molecule has 2 aromatic rings. The molecule has 0 spiro atoms. The number of amides is 2. The number of carbonyl (C=O) groups excluding carboxylic acids is 2. The van der Waals surface area contributed by atoms with Crippen LogP contribution in [0.2, 0.25) is 0 Å². The number of nitrogens with zero attached hydrogens (tertiary/aromatic N) is 1. The van der Waals surface area contributed by atoms with E-state index in [1.54, 1.807) is 48.5 Å². The molecular weight excluding hydrogens is 380 g/mol. The fourth-order valence-corrected chi connectivity index (χ4v) is 4.92. The van der Waals surface area contributed by atoms with E-state index in [2.05, 4.69) is 5.32 Å². The molecule has 0 radical (unpaired) electrons. The molecule has 0 aromatic heterocycles. The van der Waals surface area contributed by atoms with Gasteiger partial charge in [0, 0.05) is 12.6 Å². The van der Waals surface area contributed by atoms with Crippen LogP contribution < -0.4 is 15.0 Å². The Balaban J connectivity index is 1.78. The van der Waals surface area contributed by atoms with Gasteiger partial charge in [-0.1, -0.05) is 30.3 Å². The Labute approximate surface area is 164 Å². The molecule has 1 N–H and O–H groups in total.